The molecule has 3 aromatic heterocycles. The lowest BCUT2D eigenvalue weighted by molar-refractivity contribution is 0.0794. The van der Waals surface area contributed by atoms with E-state index in [2.05, 4.69) is 15.1 Å². The first-order chi connectivity index (χ1) is 14.2. The Morgan fingerprint density at radius 2 is 1.93 bits per heavy atom. The molecule has 6 nitrogen and oxygen atoms in total. The summed E-state index contributed by atoms with van der Waals surface area (Å²) < 4.78 is 15.6. The Hall–Kier alpha value is -3.61. The number of carbonyl (C=O) groups excluding carboxylic acids is 1. The van der Waals surface area contributed by atoms with Gasteiger partial charge in [-0.25, -0.2) is 19.0 Å². The Bertz CT molecular complexity index is 1200. The molecule has 4 heterocycles. The number of nitrogens with zero attached hydrogens (tertiary/aromatic N) is 5. The van der Waals surface area contributed by atoms with E-state index in [1.165, 1.54) is 12.1 Å². The zero-order chi connectivity index (χ0) is 19.8. The summed E-state index contributed by atoms with van der Waals surface area (Å²) in [6.45, 7) is 1.45. The Morgan fingerprint density at radius 1 is 1.07 bits per heavy atom. The van der Waals surface area contributed by atoms with Crippen molar-refractivity contribution in [1.29, 1.82) is 0 Å². The number of halogens is 1. The molecule has 0 atom stereocenters. The molecule has 1 aliphatic heterocycles. The first-order valence-corrected chi connectivity index (χ1v) is 9.55. The summed E-state index contributed by atoms with van der Waals surface area (Å²) in [5.41, 5.74) is 2.43. The molecule has 0 aliphatic carbocycles. The van der Waals surface area contributed by atoms with Crippen molar-refractivity contribution in [2.45, 2.75) is 12.8 Å². The molecule has 1 fully saturated rings. The van der Waals surface area contributed by atoms with Gasteiger partial charge in [0.1, 0.15) is 5.82 Å². The molecule has 0 bridgehead atoms. The van der Waals surface area contributed by atoms with Crippen LogP contribution in [0.2, 0.25) is 0 Å². The normalized spacial score (nSPS) is 13.9. The fourth-order valence-electron chi connectivity index (χ4n) is 3.68. The van der Waals surface area contributed by atoms with Crippen molar-refractivity contribution < 1.29 is 9.18 Å². The van der Waals surface area contributed by atoms with Gasteiger partial charge in [0.05, 0.1) is 23.0 Å². The van der Waals surface area contributed by atoms with Crippen molar-refractivity contribution in [3.05, 3.63) is 72.4 Å². The number of rotatable bonds is 3. The molecule has 0 unspecified atom stereocenters. The predicted molar refractivity (Wildman–Crippen MR) is 107 cm³/mol. The summed E-state index contributed by atoms with van der Waals surface area (Å²) in [5.74, 6) is 0.222. The van der Waals surface area contributed by atoms with Crippen LogP contribution in [0.1, 0.15) is 23.2 Å². The molecule has 29 heavy (non-hydrogen) atoms. The molecule has 4 aromatic rings. The number of aromatic nitrogens is 4. The molecule has 144 valence electrons. The third kappa shape index (κ3) is 3.24. The van der Waals surface area contributed by atoms with Crippen LogP contribution in [0.3, 0.4) is 0 Å². The molecule has 1 saturated heterocycles. The third-order valence-corrected chi connectivity index (χ3v) is 5.16. The molecule has 7 heteroatoms. The van der Waals surface area contributed by atoms with Crippen LogP contribution < -0.4 is 0 Å². The minimum atomic E-state index is -0.384. The summed E-state index contributed by atoms with van der Waals surface area (Å²) in [5, 5.41) is 4.90. The van der Waals surface area contributed by atoms with E-state index in [1.54, 1.807) is 29.2 Å². The molecule has 1 amide bonds. The van der Waals surface area contributed by atoms with Crippen LogP contribution in [0.25, 0.3) is 28.0 Å². The fraction of sp³-hybridized carbons (Fsp3) is 0.182. The second-order valence-electron chi connectivity index (χ2n) is 7.08. The van der Waals surface area contributed by atoms with Gasteiger partial charge >= 0.3 is 0 Å². The standard InChI is InChI=1S/C22H18FN5O/c23-16-6-7-19-17(11-16)18(22(29)27-9-3-4-10-27)12-20(26-19)15-13-25-28(14-15)21-5-1-2-8-24-21/h1-2,5-8,11-14H,3-4,9-10H2. The number of benzene rings is 1. The molecular formula is C22H18FN5O. The monoisotopic (exact) mass is 387 g/mol. The summed E-state index contributed by atoms with van der Waals surface area (Å²) in [6, 6.07) is 11.7. The van der Waals surface area contributed by atoms with Crippen molar-refractivity contribution in [2.24, 2.45) is 0 Å². The lowest BCUT2D eigenvalue weighted by Gasteiger charge is -2.17. The predicted octanol–water partition coefficient (Wildman–Crippen LogP) is 3.86. The minimum absolute atomic E-state index is 0.0844. The minimum Gasteiger partial charge on any atom is -0.339 e. The van der Waals surface area contributed by atoms with E-state index >= 15 is 0 Å². The molecule has 0 radical (unpaired) electrons. The second kappa shape index (κ2) is 7.09. The van der Waals surface area contributed by atoms with Crippen molar-refractivity contribution in [3.8, 4) is 17.1 Å². The highest BCUT2D eigenvalue weighted by Gasteiger charge is 2.23. The van der Waals surface area contributed by atoms with E-state index in [0.29, 0.717) is 28.0 Å². The lowest BCUT2D eigenvalue weighted by Crippen LogP contribution is -2.27. The molecule has 1 aromatic carbocycles. The van der Waals surface area contributed by atoms with Gasteiger partial charge in [-0.1, -0.05) is 6.07 Å². The Labute approximate surface area is 166 Å². The van der Waals surface area contributed by atoms with Crippen molar-refractivity contribution in [2.75, 3.05) is 13.1 Å². The summed E-state index contributed by atoms with van der Waals surface area (Å²) >= 11 is 0. The van der Waals surface area contributed by atoms with Crippen LogP contribution in [0.5, 0.6) is 0 Å². The maximum Gasteiger partial charge on any atom is 0.254 e. The Balaban J connectivity index is 1.62. The summed E-state index contributed by atoms with van der Waals surface area (Å²) in [7, 11) is 0. The van der Waals surface area contributed by atoms with E-state index in [-0.39, 0.29) is 11.7 Å². The van der Waals surface area contributed by atoms with Gasteiger partial charge in [-0.2, -0.15) is 5.10 Å². The van der Waals surface area contributed by atoms with Crippen LogP contribution in [-0.2, 0) is 0 Å². The van der Waals surface area contributed by atoms with E-state index in [0.717, 1.165) is 31.5 Å². The molecule has 5 rings (SSSR count). The van der Waals surface area contributed by atoms with Gasteiger partial charge in [-0.05, 0) is 49.2 Å². The van der Waals surface area contributed by atoms with Gasteiger partial charge in [0.25, 0.3) is 5.91 Å². The highest BCUT2D eigenvalue weighted by Crippen LogP contribution is 2.27. The highest BCUT2D eigenvalue weighted by atomic mass is 19.1. The molecule has 0 spiro atoms. The third-order valence-electron chi connectivity index (χ3n) is 5.16. The number of fused-ring (bicyclic) bond motifs is 1. The van der Waals surface area contributed by atoms with E-state index < -0.39 is 0 Å². The summed E-state index contributed by atoms with van der Waals surface area (Å²) in [6.07, 6.45) is 7.20. The van der Waals surface area contributed by atoms with E-state index in [4.69, 9.17) is 0 Å². The summed E-state index contributed by atoms with van der Waals surface area (Å²) in [4.78, 5) is 23.9. The average molecular weight is 387 g/mol. The van der Waals surface area contributed by atoms with Gasteiger partial charge in [-0.3, -0.25) is 4.79 Å². The van der Waals surface area contributed by atoms with Crippen LogP contribution in [0, 0.1) is 5.82 Å². The fourth-order valence-corrected chi connectivity index (χ4v) is 3.68. The molecule has 1 aliphatic rings. The highest BCUT2D eigenvalue weighted by molar-refractivity contribution is 6.07. The number of hydrogen-bond donors (Lipinski definition) is 0. The maximum atomic E-state index is 13.9. The quantitative estimate of drug-likeness (QED) is 0.536. The topological polar surface area (TPSA) is 63.9 Å². The smallest absolute Gasteiger partial charge is 0.254 e. The zero-order valence-corrected chi connectivity index (χ0v) is 15.6. The van der Waals surface area contributed by atoms with E-state index in [1.807, 2.05) is 29.3 Å². The Kier molecular flexibility index (Phi) is 4.27. The molecular weight excluding hydrogens is 369 g/mol. The van der Waals surface area contributed by atoms with Gasteiger partial charge in [0.2, 0.25) is 0 Å². The number of pyridine rings is 2. The van der Waals surface area contributed by atoms with Crippen LogP contribution in [-0.4, -0.2) is 43.6 Å². The van der Waals surface area contributed by atoms with E-state index in [9.17, 15) is 9.18 Å². The largest absolute Gasteiger partial charge is 0.339 e. The number of hydrogen-bond acceptors (Lipinski definition) is 4. The Morgan fingerprint density at radius 3 is 2.72 bits per heavy atom. The maximum absolute atomic E-state index is 13.9. The van der Waals surface area contributed by atoms with Crippen LogP contribution >= 0.6 is 0 Å². The SMILES string of the molecule is O=C(c1cc(-c2cnn(-c3ccccn3)c2)nc2ccc(F)cc12)N1CCCC1. The van der Waals surface area contributed by atoms with Gasteiger partial charge in [0, 0.05) is 36.4 Å². The van der Waals surface area contributed by atoms with Gasteiger partial charge in [-0.15, -0.1) is 0 Å². The zero-order valence-electron chi connectivity index (χ0n) is 15.6. The molecule has 0 saturated carbocycles. The first kappa shape index (κ1) is 17.5. The lowest BCUT2D eigenvalue weighted by atomic mass is 10.0. The van der Waals surface area contributed by atoms with Crippen molar-refractivity contribution in [1.82, 2.24) is 24.6 Å². The average Bonchev–Trinajstić information content (AvgIpc) is 3.45. The number of likely N-dealkylation sites (tertiary alicyclic amines) is 1. The second-order valence-corrected chi connectivity index (χ2v) is 7.08. The van der Waals surface area contributed by atoms with Crippen molar-refractivity contribution >= 4 is 16.8 Å². The number of amides is 1. The van der Waals surface area contributed by atoms with Crippen LogP contribution in [0.4, 0.5) is 4.39 Å². The van der Waals surface area contributed by atoms with Gasteiger partial charge < -0.3 is 4.90 Å². The van der Waals surface area contributed by atoms with Crippen LogP contribution in [0.15, 0.2) is 61.1 Å². The first-order valence-electron chi connectivity index (χ1n) is 9.55. The number of carbonyl (C=O) groups is 1. The van der Waals surface area contributed by atoms with Gasteiger partial charge in [0.15, 0.2) is 5.82 Å². The van der Waals surface area contributed by atoms with Crippen molar-refractivity contribution in [3.63, 3.8) is 0 Å². The molecule has 0 N–H and O–H groups in total.